The fourth-order valence-corrected chi connectivity index (χ4v) is 4.43. The van der Waals surface area contributed by atoms with Gasteiger partial charge < -0.3 is 14.6 Å². The van der Waals surface area contributed by atoms with Crippen LogP contribution in [0.3, 0.4) is 0 Å². The normalized spacial score (nSPS) is 15.2. The Hall–Kier alpha value is -2.08. The maximum atomic E-state index is 12.3. The zero-order chi connectivity index (χ0) is 18.6. The molecule has 1 amide bonds. The van der Waals surface area contributed by atoms with Gasteiger partial charge in [0.05, 0.1) is 11.8 Å². The van der Waals surface area contributed by atoms with Crippen molar-refractivity contribution in [1.29, 1.82) is 0 Å². The number of carbonyl (C=O) groups excluding carboxylic acids is 1. The SMILES string of the molecule is O=C(c1ccoc1)N1CCC(NCc2ccc(-c3ccc(Cl)cc3)s2)CC1. The highest BCUT2D eigenvalue weighted by Crippen LogP contribution is 2.29. The molecule has 1 N–H and O–H groups in total. The minimum atomic E-state index is 0.0630. The second-order valence-electron chi connectivity index (χ2n) is 6.73. The minimum Gasteiger partial charge on any atom is -0.472 e. The molecule has 0 spiro atoms. The van der Waals surface area contributed by atoms with E-state index in [1.807, 2.05) is 17.0 Å². The Morgan fingerprint density at radius 2 is 1.93 bits per heavy atom. The van der Waals surface area contributed by atoms with Gasteiger partial charge in [-0.1, -0.05) is 23.7 Å². The molecule has 0 bridgehead atoms. The molecule has 4 nitrogen and oxygen atoms in total. The monoisotopic (exact) mass is 400 g/mol. The summed E-state index contributed by atoms with van der Waals surface area (Å²) in [5.74, 6) is 0.0630. The number of halogens is 1. The van der Waals surface area contributed by atoms with E-state index in [2.05, 4.69) is 29.6 Å². The molecule has 1 fully saturated rings. The van der Waals surface area contributed by atoms with Crippen LogP contribution >= 0.6 is 22.9 Å². The Labute approximate surface area is 167 Å². The molecular weight excluding hydrogens is 380 g/mol. The predicted octanol–water partition coefficient (Wildman–Crippen LogP) is 5.06. The molecule has 0 saturated carbocycles. The lowest BCUT2D eigenvalue weighted by Gasteiger charge is -2.32. The third kappa shape index (κ3) is 4.43. The van der Waals surface area contributed by atoms with Crippen molar-refractivity contribution in [3.8, 4) is 10.4 Å². The van der Waals surface area contributed by atoms with Crippen LogP contribution in [0.1, 0.15) is 28.1 Å². The number of nitrogens with one attached hydrogen (secondary N) is 1. The zero-order valence-corrected chi connectivity index (χ0v) is 16.4. The van der Waals surface area contributed by atoms with E-state index in [9.17, 15) is 4.79 Å². The van der Waals surface area contributed by atoms with Gasteiger partial charge >= 0.3 is 0 Å². The van der Waals surface area contributed by atoms with E-state index in [0.29, 0.717) is 11.6 Å². The first kappa shape index (κ1) is 18.3. The van der Waals surface area contributed by atoms with Crippen LogP contribution in [0.2, 0.25) is 5.02 Å². The number of hydrogen-bond acceptors (Lipinski definition) is 4. The van der Waals surface area contributed by atoms with Crippen molar-refractivity contribution in [2.45, 2.75) is 25.4 Å². The topological polar surface area (TPSA) is 45.5 Å². The summed E-state index contributed by atoms with van der Waals surface area (Å²) < 4.78 is 5.01. The lowest BCUT2D eigenvalue weighted by Crippen LogP contribution is -2.44. The van der Waals surface area contributed by atoms with Crippen molar-refractivity contribution in [3.05, 3.63) is 70.5 Å². The second-order valence-corrected chi connectivity index (χ2v) is 8.34. The molecule has 6 heteroatoms. The average molecular weight is 401 g/mol. The van der Waals surface area contributed by atoms with Crippen LogP contribution in [0, 0.1) is 0 Å². The van der Waals surface area contributed by atoms with Crippen molar-refractivity contribution in [1.82, 2.24) is 10.2 Å². The number of hydrogen-bond donors (Lipinski definition) is 1. The largest absolute Gasteiger partial charge is 0.472 e. The summed E-state index contributed by atoms with van der Waals surface area (Å²) in [7, 11) is 0. The number of benzene rings is 1. The van der Waals surface area contributed by atoms with Crippen LogP contribution in [0.15, 0.2) is 59.4 Å². The standard InChI is InChI=1S/C21H21ClN2O2S/c22-17-3-1-15(2-4-17)20-6-5-19(27-20)13-23-18-7-10-24(11-8-18)21(25)16-9-12-26-14-16/h1-6,9,12,14,18,23H,7-8,10-11,13H2. The predicted molar refractivity (Wildman–Crippen MR) is 109 cm³/mol. The maximum Gasteiger partial charge on any atom is 0.257 e. The van der Waals surface area contributed by atoms with Crippen LogP contribution in [-0.4, -0.2) is 29.9 Å². The van der Waals surface area contributed by atoms with Crippen LogP contribution < -0.4 is 5.32 Å². The fraction of sp³-hybridized carbons (Fsp3) is 0.286. The summed E-state index contributed by atoms with van der Waals surface area (Å²) >= 11 is 7.77. The van der Waals surface area contributed by atoms with E-state index in [4.69, 9.17) is 16.0 Å². The van der Waals surface area contributed by atoms with Gasteiger partial charge in [0, 0.05) is 40.5 Å². The molecule has 0 aliphatic carbocycles. The lowest BCUT2D eigenvalue weighted by molar-refractivity contribution is 0.0704. The molecule has 3 heterocycles. The molecule has 140 valence electrons. The Kier molecular flexibility index (Phi) is 5.62. The summed E-state index contributed by atoms with van der Waals surface area (Å²) in [5, 5.41) is 4.40. The molecule has 1 aliphatic heterocycles. The van der Waals surface area contributed by atoms with E-state index in [1.165, 1.54) is 21.6 Å². The second kappa shape index (κ2) is 8.30. The molecule has 0 atom stereocenters. The molecule has 27 heavy (non-hydrogen) atoms. The number of furan rings is 1. The van der Waals surface area contributed by atoms with Gasteiger partial charge in [-0.2, -0.15) is 0 Å². The quantitative estimate of drug-likeness (QED) is 0.651. The number of nitrogens with zero attached hydrogens (tertiary/aromatic N) is 1. The van der Waals surface area contributed by atoms with Crippen molar-refractivity contribution >= 4 is 28.8 Å². The number of amides is 1. The van der Waals surface area contributed by atoms with Gasteiger partial charge in [0.1, 0.15) is 6.26 Å². The summed E-state index contributed by atoms with van der Waals surface area (Å²) in [4.78, 5) is 16.8. The highest BCUT2D eigenvalue weighted by atomic mass is 35.5. The lowest BCUT2D eigenvalue weighted by atomic mass is 10.0. The molecule has 3 aromatic rings. The van der Waals surface area contributed by atoms with Gasteiger partial charge in [-0.25, -0.2) is 0 Å². The van der Waals surface area contributed by atoms with E-state index in [1.54, 1.807) is 23.7 Å². The zero-order valence-electron chi connectivity index (χ0n) is 14.9. The van der Waals surface area contributed by atoms with Crippen LogP contribution in [0.4, 0.5) is 0 Å². The van der Waals surface area contributed by atoms with Gasteiger partial charge in [0.15, 0.2) is 0 Å². The van der Waals surface area contributed by atoms with Crippen molar-refractivity contribution < 1.29 is 9.21 Å². The molecule has 0 unspecified atom stereocenters. The Morgan fingerprint density at radius 3 is 2.63 bits per heavy atom. The van der Waals surface area contributed by atoms with Gasteiger partial charge in [0.25, 0.3) is 5.91 Å². The van der Waals surface area contributed by atoms with Crippen LogP contribution in [0.25, 0.3) is 10.4 Å². The van der Waals surface area contributed by atoms with Gasteiger partial charge in [-0.3, -0.25) is 4.79 Å². The Bertz CT molecular complexity index is 881. The molecule has 1 saturated heterocycles. The highest BCUT2D eigenvalue weighted by Gasteiger charge is 2.23. The third-order valence-electron chi connectivity index (χ3n) is 4.91. The highest BCUT2D eigenvalue weighted by molar-refractivity contribution is 7.15. The van der Waals surface area contributed by atoms with Crippen molar-refractivity contribution in [2.75, 3.05) is 13.1 Å². The van der Waals surface area contributed by atoms with Gasteiger partial charge in [0.2, 0.25) is 0 Å². The van der Waals surface area contributed by atoms with E-state index in [0.717, 1.165) is 37.5 Å². The number of likely N-dealkylation sites (tertiary alicyclic amines) is 1. The minimum absolute atomic E-state index is 0.0630. The third-order valence-corrected chi connectivity index (χ3v) is 6.29. The number of carbonyl (C=O) groups is 1. The average Bonchev–Trinajstić information content (AvgIpc) is 3.39. The number of thiophene rings is 1. The van der Waals surface area contributed by atoms with Gasteiger partial charge in [-0.15, -0.1) is 11.3 Å². The van der Waals surface area contributed by atoms with E-state index >= 15 is 0 Å². The first-order valence-electron chi connectivity index (χ1n) is 9.08. The molecule has 1 aliphatic rings. The number of piperidine rings is 1. The van der Waals surface area contributed by atoms with Crippen molar-refractivity contribution in [3.63, 3.8) is 0 Å². The fourth-order valence-electron chi connectivity index (χ4n) is 3.34. The molecule has 4 rings (SSSR count). The summed E-state index contributed by atoms with van der Waals surface area (Å²) in [6.45, 7) is 2.42. The molecule has 1 aromatic carbocycles. The Balaban J connectivity index is 1.27. The van der Waals surface area contributed by atoms with Crippen molar-refractivity contribution in [2.24, 2.45) is 0 Å². The maximum absolute atomic E-state index is 12.3. The summed E-state index contributed by atoms with van der Waals surface area (Å²) in [6, 6.07) is 14.5. The molecule has 2 aromatic heterocycles. The van der Waals surface area contributed by atoms with Crippen LogP contribution in [0.5, 0.6) is 0 Å². The number of rotatable bonds is 5. The van der Waals surface area contributed by atoms with Crippen LogP contribution in [-0.2, 0) is 6.54 Å². The smallest absolute Gasteiger partial charge is 0.257 e. The first-order valence-corrected chi connectivity index (χ1v) is 10.3. The summed E-state index contributed by atoms with van der Waals surface area (Å²) in [5.41, 5.74) is 1.83. The molecule has 0 radical (unpaired) electrons. The van der Waals surface area contributed by atoms with E-state index in [-0.39, 0.29) is 5.91 Å². The molecular formula is C21H21ClN2O2S. The summed E-state index contributed by atoms with van der Waals surface area (Å²) in [6.07, 6.45) is 5.00. The Morgan fingerprint density at radius 1 is 1.15 bits per heavy atom. The first-order chi connectivity index (χ1) is 13.2. The van der Waals surface area contributed by atoms with E-state index < -0.39 is 0 Å². The van der Waals surface area contributed by atoms with Gasteiger partial charge in [-0.05, 0) is 48.7 Å².